The van der Waals surface area contributed by atoms with Crippen LogP contribution in [0, 0.1) is 5.92 Å². The lowest BCUT2D eigenvalue weighted by Crippen LogP contribution is -2.45. The van der Waals surface area contributed by atoms with Crippen LogP contribution in [0.25, 0.3) is 0 Å². The molecule has 3 nitrogen and oxygen atoms in total. The van der Waals surface area contributed by atoms with E-state index in [-0.39, 0.29) is 0 Å². The van der Waals surface area contributed by atoms with Crippen LogP contribution in [0.5, 0.6) is 0 Å². The second kappa shape index (κ2) is 2.81. The lowest BCUT2D eigenvalue weighted by Gasteiger charge is -2.32. The maximum absolute atomic E-state index is 10.4. The molecule has 0 saturated carbocycles. The van der Waals surface area contributed by atoms with Crippen molar-refractivity contribution in [2.24, 2.45) is 5.92 Å². The zero-order valence-electron chi connectivity index (χ0n) is 6.62. The molecule has 0 aromatic carbocycles. The summed E-state index contributed by atoms with van der Waals surface area (Å²) in [5.41, 5.74) is 0. The van der Waals surface area contributed by atoms with Crippen molar-refractivity contribution in [1.82, 2.24) is 10.2 Å². The predicted octanol–water partition coefficient (Wildman–Crippen LogP) is -0.173. The minimum Gasteiger partial charge on any atom is -0.344 e. The molecule has 0 aliphatic carbocycles. The summed E-state index contributed by atoms with van der Waals surface area (Å²) in [5, 5.41) is 3.42. The van der Waals surface area contributed by atoms with Crippen molar-refractivity contribution in [2.75, 3.05) is 19.6 Å². The number of hydrogen-bond donors (Lipinski definition) is 1. The summed E-state index contributed by atoms with van der Waals surface area (Å²) in [6.45, 7) is 3.03. The summed E-state index contributed by atoms with van der Waals surface area (Å²) in [6, 6.07) is 0.592. The van der Waals surface area contributed by atoms with E-state index in [4.69, 9.17) is 0 Å². The summed E-state index contributed by atoms with van der Waals surface area (Å²) in [6.07, 6.45) is 3.46. The quantitative estimate of drug-likeness (QED) is 0.532. The van der Waals surface area contributed by atoms with Crippen molar-refractivity contribution >= 4 is 6.41 Å². The normalized spacial score (nSPS) is 36.9. The first-order chi connectivity index (χ1) is 5.40. The molecule has 62 valence electrons. The van der Waals surface area contributed by atoms with Gasteiger partial charge < -0.3 is 10.2 Å². The number of rotatable bonds is 1. The lowest BCUT2D eigenvalue weighted by molar-refractivity contribution is -0.119. The fraction of sp³-hybridized carbons (Fsp3) is 0.875. The van der Waals surface area contributed by atoms with Gasteiger partial charge in [-0.3, -0.25) is 4.79 Å². The predicted molar refractivity (Wildman–Crippen MR) is 42.2 cm³/mol. The summed E-state index contributed by atoms with van der Waals surface area (Å²) >= 11 is 0. The van der Waals surface area contributed by atoms with Gasteiger partial charge in [-0.05, 0) is 25.3 Å². The molecule has 2 saturated heterocycles. The van der Waals surface area contributed by atoms with Crippen LogP contribution in [0.4, 0.5) is 0 Å². The fourth-order valence-corrected chi connectivity index (χ4v) is 2.15. The molecule has 0 radical (unpaired) electrons. The fourth-order valence-electron chi connectivity index (χ4n) is 2.15. The second-order valence-electron chi connectivity index (χ2n) is 3.50. The van der Waals surface area contributed by atoms with E-state index in [0.29, 0.717) is 6.04 Å². The maximum atomic E-state index is 10.4. The molecule has 0 aromatic heterocycles. The second-order valence-corrected chi connectivity index (χ2v) is 3.50. The van der Waals surface area contributed by atoms with Crippen LogP contribution in [0.15, 0.2) is 0 Å². The Balaban J connectivity index is 1.96. The van der Waals surface area contributed by atoms with E-state index in [0.717, 1.165) is 32.0 Å². The van der Waals surface area contributed by atoms with Crippen LogP contribution in [-0.4, -0.2) is 37.0 Å². The SMILES string of the molecule is O=CN1CC[C@@H]2CCN[C@@H]2C1. The van der Waals surface area contributed by atoms with Gasteiger partial charge in [0.05, 0.1) is 0 Å². The molecule has 2 aliphatic rings. The third-order valence-corrected chi connectivity index (χ3v) is 2.86. The van der Waals surface area contributed by atoms with E-state index in [1.807, 2.05) is 4.90 Å². The Labute approximate surface area is 66.8 Å². The Morgan fingerprint density at radius 2 is 2.36 bits per heavy atom. The van der Waals surface area contributed by atoms with Crippen molar-refractivity contribution in [3.8, 4) is 0 Å². The standard InChI is InChI=1S/C8H14N2O/c11-6-10-4-2-7-1-3-9-8(7)5-10/h6-9H,1-5H2/t7-,8+/m0/s1. The highest BCUT2D eigenvalue weighted by Crippen LogP contribution is 2.23. The minimum atomic E-state index is 0.592. The molecule has 2 aliphatic heterocycles. The van der Waals surface area contributed by atoms with Gasteiger partial charge in [-0.1, -0.05) is 0 Å². The third-order valence-electron chi connectivity index (χ3n) is 2.86. The van der Waals surface area contributed by atoms with E-state index >= 15 is 0 Å². The van der Waals surface area contributed by atoms with Crippen LogP contribution < -0.4 is 5.32 Å². The van der Waals surface area contributed by atoms with Gasteiger partial charge in [0.1, 0.15) is 0 Å². The van der Waals surface area contributed by atoms with Crippen molar-refractivity contribution in [3.63, 3.8) is 0 Å². The minimum absolute atomic E-state index is 0.592. The topological polar surface area (TPSA) is 32.3 Å². The molecule has 0 aromatic rings. The first-order valence-electron chi connectivity index (χ1n) is 4.33. The Bertz CT molecular complexity index is 160. The molecular weight excluding hydrogens is 140 g/mol. The number of piperidine rings is 1. The third kappa shape index (κ3) is 1.25. The van der Waals surface area contributed by atoms with E-state index < -0.39 is 0 Å². The molecule has 3 heteroatoms. The molecule has 11 heavy (non-hydrogen) atoms. The number of nitrogens with one attached hydrogen (secondary N) is 1. The highest BCUT2D eigenvalue weighted by atomic mass is 16.1. The monoisotopic (exact) mass is 154 g/mol. The van der Waals surface area contributed by atoms with Crippen LogP contribution in [0.1, 0.15) is 12.8 Å². The molecule has 1 N–H and O–H groups in total. The molecule has 0 spiro atoms. The number of carbonyl (C=O) groups excluding carboxylic acids is 1. The zero-order chi connectivity index (χ0) is 7.68. The Hall–Kier alpha value is -0.570. The van der Waals surface area contributed by atoms with Crippen LogP contribution in [-0.2, 0) is 4.79 Å². The number of likely N-dealkylation sites (tertiary alicyclic amines) is 1. The maximum Gasteiger partial charge on any atom is 0.209 e. The average molecular weight is 154 g/mol. The molecule has 2 atom stereocenters. The van der Waals surface area contributed by atoms with E-state index in [1.54, 1.807) is 0 Å². The Morgan fingerprint density at radius 3 is 3.18 bits per heavy atom. The average Bonchev–Trinajstić information content (AvgIpc) is 2.50. The molecule has 0 unspecified atom stereocenters. The van der Waals surface area contributed by atoms with Crippen molar-refractivity contribution in [2.45, 2.75) is 18.9 Å². The van der Waals surface area contributed by atoms with E-state index in [1.165, 1.54) is 12.8 Å². The summed E-state index contributed by atoms with van der Waals surface area (Å²) < 4.78 is 0. The molecular formula is C8H14N2O. The Kier molecular flexibility index (Phi) is 1.82. The van der Waals surface area contributed by atoms with Gasteiger partial charge in [-0.2, -0.15) is 0 Å². The van der Waals surface area contributed by atoms with Gasteiger partial charge in [0.25, 0.3) is 0 Å². The lowest BCUT2D eigenvalue weighted by atomic mass is 9.93. The largest absolute Gasteiger partial charge is 0.344 e. The highest BCUT2D eigenvalue weighted by Gasteiger charge is 2.31. The van der Waals surface area contributed by atoms with Crippen molar-refractivity contribution in [3.05, 3.63) is 0 Å². The van der Waals surface area contributed by atoms with Crippen LogP contribution >= 0.6 is 0 Å². The van der Waals surface area contributed by atoms with Gasteiger partial charge in [0.2, 0.25) is 6.41 Å². The number of amides is 1. The summed E-state index contributed by atoms with van der Waals surface area (Å²) in [4.78, 5) is 12.3. The number of nitrogens with zero attached hydrogens (tertiary/aromatic N) is 1. The Morgan fingerprint density at radius 1 is 1.45 bits per heavy atom. The summed E-state index contributed by atoms with van der Waals surface area (Å²) in [7, 11) is 0. The van der Waals surface area contributed by atoms with Gasteiger partial charge >= 0.3 is 0 Å². The van der Waals surface area contributed by atoms with Gasteiger partial charge in [0, 0.05) is 19.1 Å². The molecule has 0 bridgehead atoms. The summed E-state index contributed by atoms with van der Waals surface area (Å²) in [5.74, 6) is 0.839. The van der Waals surface area contributed by atoms with Gasteiger partial charge in [0.15, 0.2) is 0 Å². The van der Waals surface area contributed by atoms with E-state index in [9.17, 15) is 4.79 Å². The van der Waals surface area contributed by atoms with Gasteiger partial charge in [-0.25, -0.2) is 0 Å². The van der Waals surface area contributed by atoms with Crippen molar-refractivity contribution < 1.29 is 4.79 Å². The van der Waals surface area contributed by atoms with Crippen LogP contribution in [0.3, 0.4) is 0 Å². The molecule has 2 heterocycles. The first-order valence-corrected chi connectivity index (χ1v) is 4.33. The number of fused-ring (bicyclic) bond motifs is 1. The van der Waals surface area contributed by atoms with Gasteiger partial charge in [-0.15, -0.1) is 0 Å². The number of hydrogen-bond acceptors (Lipinski definition) is 2. The molecule has 1 amide bonds. The van der Waals surface area contributed by atoms with Crippen molar-refractivity contribution in [1.29, 1.82) is 0 Å². The highest BCUT2D eigenvalue weighted by molar-refractivity contribution is 5.47. The number of carbonyl (C=O) groups is 1. The smallest absolute Gasteiger partial charge is 0.209 e. The molecule has 2 fully saturated rings. The van der Waals surface area contributed by atoms with Crippen LogP contribution in [0.2, 0.25) is 0 Å². The first kappa shape index (κ1) is 7.10. The molecule has 2 rings (SSSR count). The van der Waals surface area contributed by atoms with E-state index in [2.05, 4.69) is 5.32 Å². The zero-order valence-corrected chi connectivity index (χ0v) is 6.62.